The predicted octanol–water partition coefficient (Wildman–Crippen LogP) is 2.70. The molecule has 2 aliphatic carbocycles. The van der Waals surface area contributed by atoms with Crippen LogP contribution in [-0.2, 0) is 9.53 Å². The predicted molar refractivity (Wildman–Crippen MR) is 70.4 cm³/mol. The van der Waals surface area contributed by atoms with E-state index in [4.69, 9.17) is 4.74 Å². The first-order valence-electron chi connectivity index (χ1n) is 6.13. The van der Waals surface area contributed by atoms with Gasteiger partial charge in [0.05, 0.1) is 6.10 Å². The van der Waals surface area contributed by atoms with Gasteiger partial charge in [-0.05, 0) is 36.8 Å². The van der Waals surface area contributed by atoms with Gasteiger partial charge >= 0.3 is 5.97 Å². The summed E-state index contributed by atoms with van der Waals surface area (Å²) in [5, 5.41) is 11.5. The fraction of sp³-hybridized carbons (Fsp3) is 0.286. The average Bonchev–Trinajstić information content (AvgIpc) is 2.81. The molecule has 0 fully saturated rings. The number of fused-ring (bicyclic) bond motifs is 2. The molecule has 3 rings (SSSR count). The van der Waals surface area contributed by atoms with Gasteiger partial charge in [-0.2, -0.15) is 0 Å². The lowest BCUT2D eigenvalue weighted by Crippen LogP contribution is -2.36. The van der Waals surface area contributed by atoms with Crippen molar-refractivity contribution in [2.75, 3.05) is 0 Å². The molecule has 19 heavy (non-hydrogen) atoms. The minimum atomic E-state index is -0.906. The summed E-state index contributed by atoms with van der Waals surface area (Å²) in [6, 6.07) is 0. The highest BCUT2D eigenvalue weighted by Crippen LogP contribution is 2.41. The second-order valence-corrected chi connectivity index (χ2v) is 4.85. The van der Waals surface area contributed by atoms with E-state index in [0.29, 0.717) is 11.4 Å². The highest BCUT2D eigenvalue weighted by Gasteiger charge is 2.43. The van der Waals surface area contributed by atoms with E-state index in [0.717, 1.165) is 5.57 Å². The number of rotatable bonds is 2. The molecular formula is C14H13N3O2. The third-order valence-corrected chi connectivity index (χ3v) is 3.13. The molecule has 1 unspecified atom stereocenters. The summed E-state index contributed by atoms with van der Waals surface area (Å²) in [6.45, 7) is 3.66. The minimum Gasteiger partial charge on any atom is -0.462 e. The maximum atomic E-state index is 12.4. The summed E-state index contributed by atoms with van der Waals surface area (Å²) in [6.07, 6.45) is 10.9. The van der Waals surface area contributed by atoms with Crippen molar-refractivity contribution in [3.05, 3.63) is 47.7 Å². The van der Waals surface area contributed by atoms with Crippen molar-refractivity contribution in [2.24, 2.45) is 20.9 Å². The first-order valence-corrected chi connectivity index (χ1v) is 6.13. The zero-order chi connectivity index (χ0) is 13.5. The van der Waals surface area contributed by atoms with Crippen LogP contribution in [0.2, 0.25) is 0 Å². The largest absolute Gasteiger partial charge is 0.462 e. The molecule has 1 atom stereocenters. The van der Waals surface area contributed by atoms with Crippen molar-refractivity contribution in [1.29, 1.82) is 0 Å². The number of carbonyl (C=O) groups is 1. The molecule has 0 bridgehead atoms. The lowest BCUT2D eigenvalue weighted by molar-refractivity contribution is -0.152. The van der Waals surface area contributed by atoms with Gasteiger partial charge in [-0.1, -0.05) is 24.3 Å². The first kappa shape index (κ1) is 11.8. The van der Waals surface area contributed by atoms with Crippen LogP contribution in [0, 0.1) is 5.41 Å². The molecule has 5 heteroatoms. The number of carbonyl (C=O) groups excluding carboxylic acids is 1. The van der Waals surface area contributed by atoms with Gasteiger partial charge in [0.15, 0.2) is 0 Å². The van der Waals surface area contributed by atoms with Gasteiger partial charge in [0, 0.05) is 0 Å². The van der Waals surface area contributed by atoms with Gasteiger partial charge in [-0.25, -0.2) is 0 Å². The average molecular weight is 255 g/mol. The smallest absolute Gasteiger partial charge is 0.324 e. The molecule has 0 spiro atoms. The van der Waals surface area contributed by atoms with Crippen molar-refractivity contribution >= 4 is 11.7 Å². The van der Waals surface area contributed by atoms with Crippen LogP contribution in [0.15, 0.2) is 63.2 Å². The van der Waals surface area contributed by atoms with Crippen LogP contribution in [0.25, 0.3) is 0 Å². The molecule has 0 aromatic heterocycles. The number of esters is 1. The molecule has 0 amide bonds. The molecule has 0 radical (unpaired) electrons. The Kier molecular flexibility index (Phi) is 2.55. The van der Waals surface area contributed by atoms with E-state index in [2.05, 4.69) is 15.4 Å². The Balaban J connectivity index is 2.08. The highest BCUT2D eigenvalue weighted by atomic mass is 16.5. The monoisotopic (exact) mass is 255 g/mol. The van der Waals surface area contributed by atoms with Gasteiger partial charge in [0.1, 0.15) is 16.8 Å². The van der Waals surface area contributed by atoms with E-state index in [1.54, 1.807) is 6.08 Å². The van der Waals surface area contributed by atoms with E-state index >= 15 is 0 Å². The Labute approximate surface area is 110 Å². The number of hydrogen-bond acceptors (Lipinski definition) is 5. The SMILES string of the molecule is CC(C)OC(=O)C12C=CC=CC1=CC1=NN=NC1=C2. The Morgan fingerprint density at radius 3 is 3.00 bits per heavy atom. The molecule has 0 N–H and O–H groups in total. The van der Waals surface area contributed by atoms with Crippen LogP contribution in [0.4, 0.5) is 0 Å². The fourth-order valence-electron chi connectivity index (χ4n) is 2.25. The van der Waals surface area contributed by atoms with E-state index in [9.17, 15) is 4.79 Å². The zero-order valence-electron chi connectivity index (χ0n) is 10.7. The molecule has 5 nitrogen and oxygen atoms in total. The van der Waals surface area contributed by atoms with Crippen molar-refractivity contribution in [2.45, 2.75) is 20.0 Å². The van der Waals surface area contributed by atoms with E-state index < -0.39 is 5.41 Å². The lowest BCUT2D eigenvalue weighted by atomic mass is 9.73. The van der Waals surface area contributed by atoms with Crippen LogP contribution in [-0.4, -0.2) is 17.8 Å². The van der Waals surface area contributed by atoms with Crippen molar-refractivity contribution in [3.63, 3.8) is 0 Å². The van der Waals surface area contributed by atoms with E-state index in [1.807, 2.05) is 44.2 Å². The summed E-state index contributed by atoms with van der Waals surface area (Å²) in [5.41, 5.74) is 1.22. The van der Waals surface area contributed by atoms with Gasteiger partial charge in [-0.15, -0.1) is 10.2 Å². The van der Waals surface area contributed by atoms with Crippen molar-refractivity contribution < 1.29 is 9.53 Å². The quantitative estimate of drug-likeness (QED) is 0.712. The normalized spacial score (nSPS) is 26.6. The number of nitrogens with zero attached hydrogens (tertiary/aromatic N) is 3. The Morgan fingerprint density at radius 2 is 2.21 bits per heavy atom. The highest BCUT2D eigenvalue weighted by molar-refractivity contribution is 6.12. The summed E-state index contributed by atoms with van der Waals surface area (Å²) >= 11 is 0. The van der Waals surface area contributed by atoms with E-state index in [1.165, 1.54) is 0 Å². The molecule has 1 aliphatic heterocycles. The molecule has 0 aromatic rings. The first-order chi connectivity index (χ1) is 9.12. The summed E-state index contributed by atoms with van der Waals surface area (Å²) < 4.78 is 5.38. The summed E-state index contributed by atoms with van der Waals surface area (Å²) in [7, 11) is 0. The van der Waals surface area contributed by atoms with Crippen LogP contribution >= 0.6 is 0 Å². The molecule has 0 aromatic carbocycles. The Hall–Kier alpha value is -2.30. The maximum absolute atomic E-state index is 12.4. The third-order valence-electron chi connectivity index (χ3n) is 3.13. The second kappa shape index (κ2) is 4.12. The fourth-order valence-corrected chi connectivity index (χ4v) is 2.25. The zero-order valence-corrected chi connectivity index (χ0v) is 10.7. The maximum Gasteiger partial charge on any atom is 0.324 e. The van der Waals surface area contributed by atoms with Crippen LogP contribution in [0.3, 0.4) is 0 Å². The Bertz CT molecular complexity index is 621. The molecular weight excluding hydrogens is 242 g/mol. The standard InChI is InChI=1S/C14H13N3O2/c1-9(2)19-13(18)14-6-4-3-5-10(14)7-11-12(8-14)16-17-15-11/h3-9H,1-2H3. The van der Waals surface area contributed by atoms with Crippen LogP contribution < -0.4 is 0 Å². The topological polar surface area (TPSA) is 63.4 Å². The van der Waals surface area contributed by atoms with Crippen LogP contribution in [0.5, 0.6) is 0 Å². The van der Waals surface area contributed by atoms with Gasteiger partial charge in [-0.3, -0.25) is 4.79 Å². The van der Waals surface area contributed by atoms with Crippen LogP contribution in [0.1, 0.15) is 13.8 Å². The minimum absolute atomic E-state index is 0.166. The van der Waals surface area contributed by atoms with Crippen molar-refractivity contribution in [3.8, 4) is 0 Å². The Morgan fingerprint density at radius 1 is 1.37 bits per heavy atom. The molecule has 0 saturated heterocycles. The third kappa shape index (κ3) is 1.78. The number of ether oxygens (including phenoxy) is 1. The lowest BCUT2D eigenvalue weighted by Gasteiger charge is -2.31. The van der Waals surface area contributed by atoms with Gasteiger partial charge in [0.25, 0.3) is 0 Å². The molecule has 3 aliphatic rings. The molecule has 96 valence electrons. The molecule has 1 heterocycles. The summed E-state index contributed by atoms with van der Waals surface area (Å²) in [4.78, 5) is 12.4. The van der Waals surface area contributed by atoms with Gasteiger partial charge in [0.2, 0.25) is 0 Å². The van der Waals surface area contributed by atoms with Gasteiger partial charge < -0.3 is 4.74 Å². The summed E-state index contributed by atoms with van der Waals surface area (Å²) in [5.74, 6) is -0.303. The van der Waals surface area contributed by atoms with Crippen molar-refractivity contribution in [1.82, 2.24) is 0 Å². The van der Waals surface area contributed by atoms with E-state index in [-0.39, 0.29) is 12.1 Å². The molecule has 0 saturated carbocycles. The number of hydrogen-bond donors (Lipinski definition) is 0. The number of allylic oxidation sites excluding steroid dienone is 4. The second-order valence-electron chi connectivity index (χ2n) is 4.85.